The molecule has 0 bridgehead atoms. The van der Waals surface area contributed by atoms with Crippen LogP contribution in [0.1, 0.15) is 105 Å². The molecule has 0 fully saturated rings. The Balaban J connectivity index is 2.53. The molecule has 1 aliphatic rings. The molecule has 0 saturated carbocycles. The molecule has 2 nitrogen and oxygen atoms in total. The number of aromatic hydroxyl groups is 1. The lowest BCUT2D eigenvalue weighted by Gasteiger charge is -2.52. The van der Waals surface area contributed by atoms with Crippen molar-refractivity contribution in [3.8, 4) is 5.75 Å². The van der Waals surface area contributed by atoms with Gasteiger partial charge < -0.3 is 5.11 Å². The van der Waals surface area contributed by atoms with Crippen molar-refractivity contribution >= 4 is 0 Å². The molecule has 2 rings (SSSR count). The number of hydrogen-bond donors (Lipinski definition) is 1. The number of phenolic OH excluding ortho intramolecular Hbond substituents is 1. The quantitative estimate of drug-likeness (QED) is 0.503. The Kier molecular flexibility index (Phi) is 6.75. The van der Waals surface area contributed by atoms with Gasteiger partial charge in [-0.15, -0.1) is 6.58 Å². The fourth-order valence-electron chi connectivity index (χ4n) is 5.04. The normalized spacial score (nSPS) is 19.5. The summed E-state index contributed by atoms with van der Waals surface area (Å²) in [6.07, 6.45) is 7.72. The summed E-state index contributed by atoms with van der Waals surface area (Å²) < 4.78 is 0. The highest BCUT2D eigenvalue weighted by atomic mass is 16.3. The highest BCUT2D eigenvalue weighted by Gasteiger charge is 2.41. The van der Waals surface area contributed by atoms with Gasteiger partial charge >= 0.3 is 0 Å². The second kappa shape index (κ2) is 8.19. The first-order chi connectivity index (χ1) is 13.5. The summed E-state index contributed by atoms with van der Waals surface area (Å²) in [7, 11) is 0. The average molecular weight is 412 g/mol. The van der Waals surface area contributed by atoms with Gasteiger partial charge in [0.15, 0.2) is 0 Å². The molecule has 0 aliphatic carbocycles. The summed E-state index contributed by atoms with van der Waals surface area (Å²) in [6, 6.07) is 4.46. The third kappa shape index (κ3) is 5.38. The van der Waals surface area contributed by atoms with Crippen LogP contribution < -0.4 is 0 Å². The summed E-state index contributed by atoms with van der Waals surface area (Å²) in [4.78, 5) is 2.63. The maximum atomic E-state index is 11.1. The van der Waals surface area contributed by atoms with Gasteiger partial charge in [0.05, 0.1) is 0 Å². The molecule has 0 unspecified atom stereocenters. The molecule has 2 heteroatoms. The second-order valence-electron chi connectivity index (χ2n) is 12.4. The largest absolute Gasteiger partial charge is 0.507 e. The Morgan fingerprint density at radius 3 is 1.90 bits per heavy atom. The van der Waals surface area contributed by atoms with Crippen LogP contribution in [0.3, 0.4) is 0 Å². The molecule has 0 amide bonds. The van der Waals surface area contributed by atoms with Crippen molar-refractivity contribution in [2.75, 3.05) is 0 Å². The van der Waals surface area contributed by atoms with Crippen LogP contribution in [0.5, 0.6) is 5.75 Å². The zero-order chi connectivity index (χ0) is 23.1. The van der Waals surface area contributed by atoms with Crippen molar-refractivity contribution in [1.29, 1.82) is 0 Å². The molecular formula is C28H45NO. The minimum absolute atomic E-state index is 0.0278. The Hall–Kier alpha value is -1.54. The minimum Gasteiger partial charge on any atom is -0.507 e. The van der Waals surface area contributed by atoms with Crippen molar-refractivity contribution < 1.29 is 5.11 Å². The van der Waals surface area contributed by atoms with Crippen LogP contribution in [-0.2, 0) is 17.4 Å². The van der Waals surface area contributed by atoms with E-state index in [0.29, 0.717) is 5.75 Å². The molecule has 1 aromatic carbocycles. The number of hydrogen-bond acceptors (Lipinski definition) is 2. The van der Waals surface area contributed by atoms with Crippen LogP contribution in [0.15, 0.2) is 36.4 Å². The molecular weight excluding hydrogens is 366 g/mol. The van der Waals surface area contributed by atoms with E-state index in [9.17, 15) is 5.11 Å². The highest BCUT2D eigenvalue weighted by molar-refractivity contribution is 5.50. The monoisotopic (exact) mass is 411 g/mol. The molecule has 0 saturated heterocycles. The van der Waals surface area contributed by atoms with E-state index in [0.717, 1.165) is 36.9 Å². The fourth-order valence-corrected chi connectivity index (χ4v) is 5.04. The summed E-state index contributed by atoms with van der Waals surface area (Å²) >= 11 is 0. The van der Waals surface area contributed by atoms with Crippen LogP contribution in [-0.4, -0.2) is 21.1 Å². The SMILES string of the molecule is C=CCCC1=CC(C)(C)N(Cc2cc(C(C)(C)C)c(O)c(C(C)(C)C)c2)C(C)(C)C1. The van der Waals surface area contributed by atoms with Crippen LogP contribution >= 0.6 is 0 Å². The van der Waals surface area contributed by atoms with E-state index in [-0.39, 0.29) is 21.9 Å². The molecule has 0 radical (unpaired) electrons. The minimum atomic E-state index is -0.106. The van der Waals surface area contributed by atoms with Gasteiger partial charge in [-0.3, -0.25) is 4.90 Å². The lowest BCUT2D eigenvalue weighted by Crippen LogP contribution is -2.56. The first kappa shape index (κ1) is 24.7. The number of nitrogens with zero attached hydrogens (tertiary/aromatic N) is 1. The first-order valence-electron chi connectivity index (χ1n) is 11.4. The fraction of sp³-hybridized carbons (Fsp3) is 0.643. The van der Waals surface area contributed by atoms with E-state index in [2.05, 4.69) is 98.9 Å². The van der Waals surface area contributed by atoms with Gasteiger partial charge in [0.2, 0.25) is 0 Å². The van der Waals surface area contributed by atoms with Crippen molar-refractivity contribution in [2.45, 2.75) is 117 Å². The molecule has 168 valence electrons. The number of phenols is 1. The van der Waals surface area contributed by atoms with Gasteiger partial charge in [0, 0.05) is 17.6 Å². The smallest absolute Gasteiger partial charge is 0.123 e. The number of rotatable bonds is 5. The van der Waals surface area contributed by atoms with Crippen molar-refractivity contribution in [1.82, 2.24) is 4.90 Å². The predicted octanol–water partition coefficient (Wildman–Crippen LogP) is 7.64. The van der Waals surface area contributed by atoms with Gasteiger partial charge in [-0.25, -0.2) is 0 Å². The van der Waals surface area contributed by atoms with Crippen LogP contribution in [0, 0.1) is 0 Å². The lowest BCUT2D eigenvalue weighted by atomic mass is 9.77. The Morgan fingerprint density at radius 1 is 1.00 bits per heavy atom. The lowest BCUT2D eigenvalue weighted by molar-refractivity contribution is 0.0224. The maximum absolute atomic E-state index is 11.1. The zero-order valence-corrected chi connectivity index (χ0v) is 21.2. The Bertz CT molecular complexity index is 777. The summed E-state index contributed by atoms with van der Waals surface area (Å²) in [6.45, 7) is 27.3. The Labute approximate surface area is 186 Å². The number of benzene rings is 1. The second-order valence-corrected chi connectivity index (χ2v) is 12.4. The van der Waals surface area contributed by atoms with Crippen molar-refractivity contribution in [3.05, 3.63) is 53.1 Å². The summed E-state index contributed by atoms with van der Waals surface area (Å²) in [5, 5.41) is 11.1. The average Bonchev–Trinajstić information content (AvgIpc) is 2.54. The van der Waals surface area contributed by atoms with Crippen LogP contribution in [0.2, 0.25) is 0 Å². The van der Waals surface area contributed by atoms with Gasteiger partial charge in [-0.1, -0.05) is 71.4 Å². The molecule has 1 aliphatic heterocycles. The van der Waals surface area contributed by atoms with Gasteiger partial charge in [0.1, 0.15) is 5.75 Å². The standard InChI is InChI=1S/C28H45NO/c1-12-13-14-20-17-27(8,9)29(28(10,11)18-20)19-21-15-22(25(2,3)4)24(30)23(16-21)26(5,6)7/h12,15-17,30H,1,13-14,18-19H2,2-11H3. The molecule has 0 spiro atoms. The molecule has 30 heavy (non-hydrogen) atoms. The Morgan fingerprint density at radius 2 is 1.50 bits per heavy atom. The summed E-state index contributed by atoms with van der Waals surface area (Å²) in [5.41, 5.74) is 4.73. The summed E-state index contributed by atoms with van der Waals surface area (Å²) in [5.74, 6) is 0.461. The third-order valence-electron chi connectivity index (χ3n) is 6.44. The topological polar surface area (TPSA) is 23.5 Å². The van der Waals surface area contributed by atoms with Gasteiger partial charge in [-0.2, -0.15) is 0 Å². The third-order valence-corrected chi connectivity index (χ3v) is 6.44. The van der Waals surface area contributed by atoms with E-state index in [1.54, 1.807) is 0 Å². The molecule has 1 aromatic rings. The van der Waals surface area contributed by atoms with Crippen LogP contribution in [0.4, 0.5) is 0 Å². The highest BCUT2D eigenvalue weighted by Crippen LogP contribution is 2.43. The van der Waals surface area contributed by atoms with E-state index in [4.69, 9.17) is 0 Å². The number of allylic oxidation sites excluding steroid dienone is 1. The molecule has 0 aromatic heterocycles. The van der Waals surface area contributed by atoms with E-state index >= 15 is 0 Å². The van der Waals surface area contributed by atoms with Crippen molar-refractivity contribution in [2.24, 2.45) is 0 Å². The van der Waals surface area contributed by atoms with Gasteiger partial charge in [0.25, 0.3) is 0 Å². The predicted molar refractivity (Wildman–Crippen MR) is 131 cm³/mol. The molecule has 0 atom stereocenters. The maximum Gasteiger partial charge on any atom is 0.123 e. The van der Waals surface area contributed by atoms with E-state index in [1.165, 1.54) is 11.1 Å². The molecule has 1 N–H and O–H groups in total. The van der Waals surface area contributed by atoms with Crippen molar-refractivity contribution in [3.63, 3.8) is 0 Å². The van der Waals surface area contributed by atoms with E-state index < -0.39 is 0 Å². The first-order valence-corrected chi connectivity index (χ1v) is 11.4. The van der Waals surface area contributed by atoms with Crippen LogP contribution in [0.25, 0.3) is 0 Å². The molecule has 1 heterocycles. The van der Waals surface area contributed by atoms with Gasteiger partial charge in [-0.05, 0) is 74.5 Å². The zero-order valence-electron chi connectivity index (χ0n) is 21.2. The van der Waals surface area contributed by atoms with E-state index in [1.807, 2.05) is 6.08 Å².